The van der Waals surface area contributed by atoms with Gasteiger partial charge in [0.1, 0.15) is 17.4 Å². The van der Waals surface area contributed by atoms with Crippen LogP contribution < -0.4 is 27.4 Å². The molecule has 6 heterocycles. The summed E-state index contributed by atoms with van der Waals surface area (Å²) in [7, 11) is 3.10. The number of hydrogen-bond donors (Lipinski definition) is 0. The number of Topliss-reactive ketones (excluding diaryl/α,β-unsaturated/α-hetero) is 1. The predicted octanol–water partition coefficient (Wildman–Crippen LogP) is 1.45. The molecule has 0 amide bonds. The number of hydrogen-bond acceptors (Lipinski definition) is 9. The van der Waals surface area contributed by atoms with Gasteiger partial charge < -0.3 is 9.47 Å². The van der Waals surface area contributed by atoms with Crippen molar-refractivity contribution >= 4 is 39.8 Å². The highest BCUT2D eigenvalue weighted by Crippen LogP contribution is 2.22. The SMILES string of the molecule is CC(=O)Cn1c(N2CCN(CCn3c(C)cn4c5c(=O)n(Cc6ccc(F)cc6)c(=O)n(C)c5nc34)CC2)nc2c1c(=O)n(Cc1ccc(F)cc1)c(=O)n2C. The zero-order valence-electron chi connectivity index (χ0n) is 31.3. The molecule has 56 heavy (non-hydrogen) atoms. The Kier molecular flexibility index (Phi) is 9.14. The molecule has 290 valence electrons. The molecule has 7 aromatic rings. The van der Waals surface area contributed by atoms with Gasteiger partial charge in [0.15, 0.2) is 22.3 Å². The monoisotopic (exact) mass is 767 g/mol. The van der Waals surface area contributed by atoms with Crippen LogP contribution in [0, 0.1) is 18.6 Å². The quantitative estimate of drug-likeness (QED) is 0.202. The van der Waals surface area contributed by atoms with Gasteiger partial charge in [0.2, 0.25) is 11.7 Å². The summed E-state index contributed by atoms with van der Waals surface area (Å²) in [5, 5.41) is 0. The van der Waals surface area contributed by atoms with E-state index in [1.54, 1.807) is 28.1 Å². The third-order valence-corrected chi connectivity index (χ3v) is 10.5. The number of ketones is 1. The van der Waals surface area contributed by atoms with E-state index in [9.17, 15) is 32.8 Å². The van der Waals surface area contributed by atoms with Crippen LogP contribution in [0.1, 0.15) is 23.7 Å². The molecule has 0 saturated carbocycles. The number of piperazine rings is 1. The normalized spacial score (nSPS) is 13.9. The molecular weight excluding hydrogens is 728 g/mol. The van der Waals surface area contributed by atoms with Crippen molar-refractivity contribution in [2.45, 2.75) is 40.0 Å². The Morgan fingerprint density at radius 3 is 1.73 bits per heavy atom. The van der Waals surface area contributed by atoms with E-state index in [-0.39, 0.29) is 47.7 Å². The molecule has 5 aromatic heterocycles. The van der Waals surface area contributed by atoms with E-state index in [1.165, 1.54) is 59.5 Å². The Bertz CT molecular complexity index is 2920. The molecule has 0 aliphatic carbocycles. The molecule has 0 atom stereocenters. The number of halogens is 2. The van der Waals surface area contributed by atoms with E-state index in [2.05, 4.69) is 4.90 Å². The Hall–Kier alpha value is -6.43. The number of carbonyl (C=O) groups excluding carboxylic acids is 1. The van der Waals surface area contributed by atoms with E-state index in [0.29, 0.717) is 62.1 Å². The summed E-state index contributed by atoms with van der Waals surface area (Å²) < 4.78 is 37.2. The Labute approximate surface area is 316 Å². The van der Waals surface area contributed by atoms with Crippen LogP contribution in [0.4, 0.5) is 14.7 Å². The maximum atomic E-state index is 13.9. The van der Waals surface area contributed by atoms with Gasteiger partial charge in [0.25, 0.3) is 11.1 Å². The number of fused-ring (bicyclic) bond motifs is 4. The number of carbonyl (C=O) groups is 1. The van der Waals surface area contributed by atoms with Crippen molar-refractivity contribution in [3.63, 3.8) is 0 Å². The minimum atomic E-state index is -0.585. The van der Waals surface area contributed by atoms with Gasteiger partial charge in [0.05, 0.1) is 19.6 Å². The van der Waals surface area contributed by atoms with E-state index >= 15 is 0 Å². The molecule has 16 nitrogen and oxygen atoms in total. The van der Waals surface area contributed by atoms with Crippen LogP contribution in [0.2, 0.25) is 0 Å². The highest BCUT2D eigenvalue weighted by molar-refractivity contribution is 5.81. The number of anilines is 1. The summed E-state index contributed by atoms with van der Waals surface area (Å²) in [4.78, 5) is 80.5. The van der Waals surface area contributed by atoms with Gasteiger partial charge in [0, 0.05) is 65.3 Å². The number of imidazole rings is 3. The van der Waals surface area contributed by atoms with Crippen molar-refractivity contribution in [3.8, 4) is 0 Å². The van der Waals surface area contributed by atoms with Gasteiger partial charge in [-0.3, -0.25) is 46.5 Å². The molecule has 18 heteroatoms. The van der Waals surface area contributed by atoms with Crippen LogP contribution in [0.3, 0.4) is 0 Å². The average molecular weight is 768 g/mol. The van der Waals surface area contributed by atoms with Crippen molar-refractivity contribution < 1.29 is 13.6 Å². The van der Waals surface area contributed by atoms with E-state index in [1.807, 2.05) is 22.6 Å². The van der Waals surface area contributed by atoms with Crippen molar-refractivity contribution in [1.29, 1.82) is 0 Å². The molecule has 2 aromatic carbocycles. The van der Waals surface area contributed by atoms with Gasteiger partial charge in [-0.2, -0.15) is 9.97 Å². The predicted molar refractivity (Wildman–Crippen MR) is 204 cm³/mol. The molecule has 0 spiro atoms. The van der Waals surface area contributed by atoms with E-state index < -0.39 is 34.1 Å². The summed E-state index contributed by atoms with van der Waals surface area (Å²) in [6, 6.07) is 11.2. The van der Waals surface area contributed by atoms with Gasteiger partial charge in [-0.25, -0.2) is 18.4 Å². The lowest BCUT2D eigenvalue weighted by Crippen LogP contribution is -2.48. The van der Waals surface area contributed by atoms with E-state index in [0.717, 1.165) is 14.8 Å². The Balaban J connectivity index is 1.03. The fourth-order valence-corrected chi connectivity index (χ4v) is 7.54. The molecule has 0 bridgehead atoms. The first-order valence-corrected chi connectivity index (χ1v) is 18.1. The lowest BCUT2D eigenvalue weighted by Gasteiger charge is -2.35. The largest absolute Gasteiger partial charge is 0.340 e. The number of aromatic nitrogens is 9. The zero-order valence-corrected chi connectivity index (χ0v) is 31.3. The molecule has 1 aliphatic rings. The van der Waals surface area contributed by atoms with Crippen molar-refractivity contribution in [2.24, 2.45) is 14.1 Å². The highest BCUT2D eigenvalue weighted by atomic mass is 19.1. The minimum absolute atomic E-state index is 0.0145. The molecular formula is C38H39F2N11O5. The molecule has 0 radical (unpaired) electrons. The highest BCUT2D eigenvalue weighted by Gasteiger charge is 2.27. The number of benzene rings is 2. The molecule has 1 aliphatic heterocycles. The first kappa shape index (κ1) is 36.5. The van der Waals surface area contributed by atoms with Crippen LogP contribution in [0.5, 0.6) is 0 Å². The zero-order chi connectivity index (χ0) is 39.6. The minimum Gasteiger partial charge on any atom is -0.340 e. The second-order valence-electron chi connectivity index (χ2n) is 14.3. The summed E-state index contributed by atoms with van der Waals surface area (Å²) in [5.74, 6) is -0.0800. The number of nitrogens with zero attached hydrogens (tertiary/aromatic N) is 11. The second kappa shape index (κ2) is 14.0. The lowest BCUT2D eigenvalue weighted by molar-refractivity contribution is -0.117. The van der Waals surface area contributed by atoms with Gasteiger partial charge in [-0.15, -0.1) is 0 Å². The molecule has 0 N–H and O–H groups in total. The fraction of sp³-hybridized carbons (Fsp3) is 0.342. The first-order valence-electron chi connectivity index (χ1n) is 18.1. The van der Waals surface area contributed by atoms with Gasteiger partial charge in [-0.05, 0) is 49.2 Å². The molecule has 8 rings (SSSR count). The maximum absolute atomic E-state index is 13.9. The average Bonchev–Trinajstić information content (AvgIpc) is 3.83. The summed E-state index contributed by atoms with van der Waals surface area (Å²) in [6.07, 6.45) is 1.83. The Morgan fingerprint density at radius 2 is 1.20 bits per heavy atom. The second-order valence-corrected chi connectivity index (χ2v) is 14.3. The third kappa shape index (κ3) is 6.24. The van der Waals surface area contributed by atoms with Crippen LogP contribution in [0.25, 0.3) is 28.1 Å². The maximum Gasteiger partial charge on any atom is 0.332 e. The standard InChI is InChI=1S/C38H39F2N11O5/c1-23-19-48-29-32(44(4)38(56)50(33(29)53)21-25-5-9-27(39)10-6-25)42-36(48)47(23)18-15-45-13-16-46(17-14-45)35-41-31-30(49(35)20-24(2)52)34(54)51(37(55)43(31)3)22-26-7-11-28(40)12-8-26/h5-12,19H,13-18,20-22H2,1-4H3. The summed E-state index contributed by atoms with van der Waals surface area (Å²) in [5.41, 5.74) is 0.735. The smallest absolute Gasteiger partial charge is 0.332 e. The van der Waals surface area contributed by atoms with Gasteiger partial charge in [-0.1, -0.05) is 24.3 Å². The van der Waals surface area contributed by atoms with Gasteiger partial charge >= 0.3 is 11.4 Å². The summed E-state index contributed by atoms with van der Waals surface area (Å²) >= 11 is 0. The molecule has 1 fully saturated rings. The fourth-order valence-electron chi connectivity index (χ4n) is 7.54. The van der Waals surface area contributed by atoms with E-state index in [4.69, 9.17) is 9.97 Å². The summed E-state index contributed by atoms with van der Waals surface area (Å²) in [6.45, 7) is 6.67. The van der Waals surface area contributed by atoms with Crippen molar-refractivity contribution in [2.75, 3.05) is 37.6 Å². The van der Waals surface area contributed by atoms with Crippen LogP contribution in [0.15, 0.2) is 73.9 Å². The molecule has 1 saturated heterocycles. The number of rotatable bonds is 10. The van der Waals surface area contributed by atoms with Crippen molar-refractivity contribution in [1.82, 2.24) is 46.7 Å². The van der Waals surface area contributed by atoms with Crippen LogP contribution in [-0.4, -0.2) is 85.2 Å². The Morgan fingerprint density at radius 1 is 0.679 bits per heavy atom. The molecule has 0 unspecified atom stereocenters. The van der Waals surface area contributed by atoms with Crippen molar-refractivity contribution in [3.05, 3.63) is 125 Å². The topological polar surface area (TPSA) is 152 Å². The third-order valence-electron chi connectivity index (χ3n) is 10.5. The lowest BCUT2D eigenvalue weighted by atomic mass is 10.2. The first-order chi connectivity index (χ1) is 26.8. The van der Waals surface area contributed by atoms with Crippen LogP contribution in [-0.2, 0) is 45.1 Å². The van der Waals surface area contributed by atoms with Crippen LogP contribution >= 0.6 is 0 Å². The number of aryl methyl sites for hydroxylation is 3.